The predicted molar refractivity (Wildman–Crippen MR) is 117 cm³/mol. The van der Waals surface area contributed by atoms with Crippen LogP contribution in [0.4, 0.5) is 4.79 Å². The van der Waals surface area contributed by atoms with Crippen LogP contribution in [0.3, 0.4) is 0 Å². The Morgan fingerprint density at radius 1 is 1.27 bits per heavy atom. The standard InChI is InChI=1S/C22H33N5O3/c1-5-24-20(26-16-19-10-7-14-29-19)25-12-8-13-27(21(28)30-22(2,3)4)17-18-9-6-11-23-15-18/h6-7,9-11,14-15H,5,8,12-13,16-17H2,1-4H3,(H2,24,25,26). The van der Waals surface area contributed by atoms with Crippen molar-refractivity contribution in [1.29, 1.82) is 0 Å². The van der Waals surface area contributed by atoms with Crippen LogP contribution in [0.2, 0.25) is 0 Å². The summed E-state index contributed by atoms with van der Waals surface area (Å²) in [6, 6.07) is 7.55. The predicted octanol–water partition coefficient (Wildman–Crippen LogP) is 3.56. The minimum atomic E-state index is -0.542. The Balaban J connectivity index is 1.89. The molecule has 8 nitrogen and oxygen atoms in total. The summed E-state index contributed by atoms with van der Waals surface area (Å²) < 4.78 is 10.9. The maximum atomic E-state index is 12.6. The average molecular weight is 416 g/mol. The Bertz CT molecular complexity index is 770. The van der Waals surface area contributed by atoms with Crippen LogP contribution in [0.1, 0.15) is 45.4 Å². The van der Waals surface area contributed by atoms with Crippen molar-refractivity contribution in [3.63, 3.8) is 0 Å². The third-order valence-electron chi connectivity index (χ3n) is 3.96. The van der Waals surface area contributed by atoms with E-state index in [9.17, 15) is 4.79 Å². The Morgan fingerprint density at radius 3 is 2.73 bits per heavy atom. The Kier molecular flexibility index (Phi) is 9.18. The van der Waals surface area contributed by atoms with Crippen molar-refractivity contribution in [2.24, 2.45) is 4.99 Å². The van der Waals surface area contributed by atoms with Gasteiger partial charge in [0.25, 0.3) is 0 Å². The van der Waals surface area contributed by atoms with Crippen LogP contribution in [0.25, 0.3) is 0 Å². The van der Waals surface area contributed by atoms with E-state index in [-0.39, 0.29) is 6.09 Å². The maximum absolute atomic E-state index is 12.6. The number of pyridine rings is 1. The van der Waals surface area contributed by atoms with E-state index in [4.69, 9.17) is 9.15 Å². The van der Waals surface area contributed by atoms with E-state index in [2.05, 4.69) is 20.6 Å². The molecule has 164 valence electrons. The number of nitrogens with zero attached hydrogens (tertiary/aromatic N) is 3. The van der Waals surface area contributed by atoms with Crippen molar-refractivity contribution in [1.82, 2.24) is 20.5 Å². The summed E-state index contributed by atoms with van der Waals surface area (Å²) in [7, 11) is 0. The maximum Gasteiger partial charge on any atom is 0.410 e. The van der Waals surface area contributed by atoms with E-state index < -0.39 is 5.60 Å². The smallest absolute Gasteiger partial charge is 0.410 e. The molecule has 2 N–H and O–H groups in total. The highest BCUT2D eigenvalue weighted by Crippen LogP contribution is 2.12. The number of furan rings is 1. The van der Waals surface area contributed by atoms with Crippen LogP contribution in [0.5, 0.6) is 0 Å². The van der Waals surface area contributed by atoms with Gasteiger partial charge in [0, 0.05) is 32.0 Å². The highest BCUT2D eigenvalue weighted by Gasteiger charge is 2.22. The van der Waals surface area contributed by atoms with E-state index >= 15 is 0 Å². The molecule has 0 fully saturated rings. The first-order chi connectivity index (χ1) is 14.4. The van der Waals surface area contributed by atoms with Gasteiger partial charge in [-0.2, -0.15) is 0 Å². The molecule has 0 radical (unpaired) electrons. The minimum absolute atomic E-state index is 0.329. The lowest BCUT2D eigenvalue weighted by atomic mass is 10.2. The van der Waals surface area contributed by atoms with Gasteiger partial charge in [-0.05, 0) is 57.9 Å². The lowest BCUT2D eigenvalue weighted by Crippen LogP contribution is -2.40. The molecule has 2 aromatic heterocycles. The summed E-state index contributed by atoms with van der Waals surface area (Å²) in [5.41, 5.74) is 0.420. The first-order valence-corrected chi connectivity index (χ1v) is 10.3. The zero-order chi connectivity index (χ0) is 21.8. The van der Waals surface area contributed by atoms with Gasteiger partial charge in [0.05, 0.1) is 12.8 Å². The molecular weight excluding hydrogens is 382 g/mol. The lowest BCUT2D eigenvalue weighted by molar-refractivity contribution is 0.0232. The van der Waals surface area contributed by atoms with Gasteiger partial charge in [0.2, 0.25) is 0 Å². The van der Waals surface area contributed by atoms with Crippen molar-refractivity contribution in [2.45, 2.75) is 52.8 Å². The summed E-state index contributed by atoms with van der Waals surface area (Å²) >= 11 is 0. The second kappa shape index (κ2) is 11.8. The van der Waals surface area contributed by atoms with E-state index in [1.807, 2.05) is 52.0 Å². The Hall–Kier alpha value is -3.03. The number of aliphatic imine (C=N–C) groups is 1. The molecular formula is C22H33N5O3. The molecule has 0 spiro atoms. The number of carbonyl (C=O) groups is 1. The molecule has 8 heteroatoms. The van der Waals surface area contributed by atoms with Crippen molar-refractivity contribution < 1.29 is 13.9 Å². The quantitative estimate of drug-likeness (QED) is 0.370. The van der Waals surface area contributed by atoms with Crippen LogP contribution in [0.15, 0.2) is 52.3 Å². The molecule has 2 aromatic rings. The van der Waals surface area contributed by atoms with Gasteiger partial charge in [-0.25, -0.2) is 9.79 Å². The van der Waals surface area contributed by atoms with Crippen LogP contribution in [0, 0.1) is 0 Å². The van der Waals surface area contributed by atoms with E-state index in [0.29, 0.717) is 32.1 Å². The molecule has 0 aliphatic rings. The van der Waals surface area contributed by atoms with Crippen molar-refractivity contribution in [3.8, 4) is 0 Å². The Morgan fingerprint density at radius 2 is 2.10 bits per heavy atom. The molecule has 2 rings (SSSR count). The van der Waals surface area contributed by atoms with E-state index in [1.165, 1.54) is 0 Å². The third kappa shape index (κ3) is 8.98. The average Bonchev–Trinajstić information content (AvgIpc) is 3.21. The van der Waals surface area contributed by atoms with Gasteiger partial charge in [-0.1, -0.05) is 6.07 Å². The van der Waals surface area contributed by atoms with Gasteiger partial charge < -0.3 is 24.7 Å². The number of hydrogen-bond donors (Lipinski definition) is 2. The summed E-state index contributed by atoms with van der Waals surface area (Å²) in [6.45, 7) is 10.5. The topological polar surface area (TPSA) is 92.0 Å². The largest absolute Gasteiger partial charge is 0.467 e. The van der Waals surface area contributed by atoms with Crippen LogP contribution < -0.4 is 10.6 Å². The number of amides is 1. The second-order valence-electron chi connectivity index (χ2n) is 7.82. The number of carbonyl (C=O) groups excluding carboxylic acids is 1. The van der Waals surface area contributed by atoms with Crippen molar-refractivity contribution in [3.05, 3.63) is 54.2 Å². The fourth-order valence-corrected chi connectivity index (χ4v) is 2.65. The fraction of sp³-hybridized carbons (Fsp3) is 0.500. The SMILES string of the molecule is CCNC(=NCc1ccco1)NCCCN(Cc1cccnc1)C(=O)OC(C)(C)C. The number of nitrogens with one attached hydrogen (secondary N) is 2. The van der Waals surface area contributed by atoms with Gasteiger partial charge in [-0.3, -0.25) is 4.98 Å². The summed E-state index contributed by atoms with van der Waals surface area (Å²) in [4.78, 5) is 23.0. The molecule has 30 heavy (non-hydrogen) atoms. The number of rotatable bonds is 9. The number of guanidine groups is 1. The minimum Gasteiger partial charge on any atom is -0.467 e. The molecule has 0 aliphatic heterocycles. The lowest BCUT2D eigenvalue weighted by Gasteiger charge is -2.27. The summed E-state index contributed by atoms with van der Waals surface area (Å²) in [5, 5.41) is 6.51. The molecule has 0 unspecified atom stereocenters. The van der Waals surface area contributed by atoms with Crippen molar-refractivity contribution in [2.75, 3.05) is 19.6 Å². The summed E-state index contributed by atoms with van der Waals surface area (Å²) in [6.07, 6.45) is 5.53. The molecule has 2 heterocycles. The molecule has 0 bridgehead atoms. The number of ether oxygens (including phenoxy) is 1. The van der Waals surface area contributed by atoms with Crippen LogP contribution in [-0.4, -0.2) is 47.2 Å². The summed E-state index contributed by atoms with van der Waals surface area (Å²) in [5.74, 6) is 1.52. The second-order valence-corrected chi connectivity index (χ2v) is 7.82. The molecule has 0 atom stereocenters. The van der Waals surface area contributed by atoms with Gasteiger partial charge in [-0.15, -0.1) is 0 Å². The molecule has 0 saturated heterocycles. The third-order valence-corrected chi connectivity index (χ3v) is 3.96. The molecule has 1 amide bonds. The van der Waals surface area contributed by atoms with E-state index in [1.54, 1.807) is 23.6 Å². The van der Waals surface area contributed by atoms with Crippen LogP contribution >= 0.6 is 0 Å². The van der Waals surface area contributed by atoms with Gasteiger partial charge >= 0.3 is 6.09 Å². The monoisotopic (exact) mass is 415 g/mol. The van der Waals surface area contributed by atoms with Crippen LogP contribution in [-0.2, 0) is 17.8 Å². The highest BCUT2D eigenvalue weighted by atomic mass is 16.6. The highest BCUT2D eigenvalue weighted by molar-refractivity contribution is 5.79. The molecule has 0 saturated carbocycles. The Labute approximate surface area is 178 Å². The number of aromatic nitrogens is 1. The van der Waals surface area contributed by atoms with Crippen molar-refractivity contribution >= 4 is 12.1 Å². The zero-order valence-corrected chi connectivity index (χ0v) is 18.4. The molecule has 0 aromatic carbocycles. The normalized spacial score (nSPS) is 11.8. The molecule has 0 aliphatic carbocycles. The number of hydrogen-bond acceptors (Lipinski definition) is 5. The fourth-order valence-electron chi connectivity index (χ4n) is 2.65. The van der Waals surface area contributed by atoms with E-state index in [0.717, 1.165) is 24.3 Å². The zero-order valence-electron chi connectivity index (χ0n) is 18.4. The first-order valence-electron chi connectivity index (χ1n) is 10.3. The first kappa shape index (κ1) is 23.3. The van der Waals surface area contributed by atoms with Gasteiger partial charge in [0.15, 0.2) is 5.96 Å². The van der Waals surface area contributed by atoms with Gasteiger partial charge in [0.1, 0.15) is 17.9 Å².